The van der Waals surface area contributed by atoms with Crippen LogP contribution in [0.1, 0.15) is 24.2 Å². The molecule has 1 aromatic carbocycles. The number of hydrogen-bond acceptors (Lipinski definition) is 4. The number of hydrogen-bond donors (Lipinski definition) is 2. The van der Waals surface area contributed by atoms with E-state index in [1.54, 1.807) is 18.9 Å². The highest BCUT2D eigenvalue weighted by atomic mass is 35.5. The molecule has 2 N–H and O–H groups in total. The number of nitrogens with one attached hydrogen (secondary N) is 2. The summed E-state index contributed by atoms with van der Waals surface area (Å²) in [7, 11) is 1.67. The molecule has 1 amide bonds. The second kappa shape index (κ2) is 11.9. The van der Waals surface area contributed by atoms with Gasteiger partial charge in [-0.3, -0.25) is 4.79 Å². The zero-order valence-electron chi connectivity index (χ0n) is 12.8. The van der Waals surface area contributed by atoms with E-state index in [2.05, 4.69) is 24.5 Å². The van der Waals surface area contributed by atoms with Crippen molar-refractivity contribution >= 4 is 30.1 Å². The van der Waals surface area contributed by atoms with Gasteiger partial charge in [-0.25, -0.2) is 0 Å². The van der Waals surface area contributed by atoms with Crippen LogP contribution in [0.5, 0.6) is 0 Å². The van der Waals surface area contributed by atoms with Gasteiger partial charge in [0.05, 0.1) is 12.2 Å². The summed E-state index contributed by atoms with van der Waals surface area (Å²) >= 11 is 1.71. The number of carbonyl (C=O) groups excluding carboxylic acids is 1. The van der Waals surface area contributed by atoms with Gasteiger partial charge in [-0.15, -0.1) is 24.2 Å². The van der Waals surface area contributed by atoms with Crippen molar-refractivity contribution in [3.8, 4) is 0 Å². The molecule has 0 bridgehead atoms. The van der Waals surface area contributed by atoms with Crippen molar-refractivity contribution < 1.29 is 9.53 Å². The Morgan fingerprint density at radius 3 is 2.62 bits per heavy atom. The van der Waals surface area contributed by atoms with Crippen molar-refractivity contribution in [1.29, 1.82) is 0 Å². The Kier molecular flexibility index (Phi) is 11.4. The molecule has 0 saturated heterocycles. The molecular formula is C15H25ClN2O2S. The van der Waals surface area contributed by atoms with Gasteiger partial charge < -0.3 is 15.4 Å². The maximum Gasteiger partial charge on any atom is 0.252 e. The Morgan fingerprint density at radius 2 is 1.95 bits per heavy atom. The number of ether oxygens (including phenoxy) is 1. The Balaban J connectivity index is 0.00000400. The molecule has 0 aliphatic heterocycles. The van der Waals surface area contributed by atoms with E-state index in [4.69, 9.17) is 4.74 Å². The van der Waals surface area contributed by atoms with Crippen molar-refractivity contribution in [2.24, 2.45) is 0 Å². The van der Waals surface area contributed by atoms with E-state index in [1.807, 2.05) is 24.3 Å². The molecule has 1 rings (SSSR count). The van der Waals surface area contributed by atoms with Crippen LogP contribution in [0, 0.1) is 0 Å². The lowest BCUT2D eigenvalue weighted by Gasteiger charge is -2.11. The first-order chi connectivity index (χ1) is 9.65. The number of halogens is 1. The highest BCUT2D eigenvalue weighted by Gasteiger charge is 2.11. The number of rotatable bonds is 9. The zero-order valence-corrected chi connectivity index (χ0v) is 14.5. The number of methoxy groups -OCH3 is 1. The minimum atomic E-state index is -0.0118. The van der Waals surface area contributed by atoms with Gasteiger partial charge in [0.25, 0.3) is 5.91 Å². The lowest BCUT2D eigenvalue weighted by molar-refractivity contribution is 0.0951. The van der Waals surface area contributed by atoms with Gasteiger partial charge in [0.2, 0.25) is 0 Å². The third-order valence-corrected chi connectivity index (χ3v) is 3.65. The predicted octanol–water partition coefficient (Wildman–Crippen LogP) is 2.57. The van der Waals surface area contributed by atoms with Crippen LogP contribution in [-0.2, 0) is 4.74 Å². The van der Waals surface area contributed by atoms with Crippen molar-refractivity contribution in [2.75, 3.05) is 33.4 Å². The number of benzene rings is 1. The molecular weight excluding hydrogens is 308 g/mol. The Morgan fingerprint density at radius 1 is 1.24 bits per heavy atom. The number of thioether (sulfide) groups is 1. The molecule has 0 radical (unpaired) electrons. The molecule has 0 saturated carbocycles. The quantitative estimate of drug-likeness (QED) is 0.539. The summed E-state index contributed by atoms with van der Waals surface area (Å²) in [5, 5.41) is 6.59. The molecule has 21 heavy (non-hydrogen) atoms. The molecule has 0 unspecified atom stereocenters. The molecule has 0 atom stereocenters. The highest BCUT2D eigenvalue weighted by Crippen LogP contribution is 2.26. The first-order valence-electron chi connectivity index (χ1n) is 6.88. The summed E-state index contributed by atoms with van der Waals surface area (Å²) in [4.78, 5) is 13.2. The van der Waals surface area contributed by atoms with Crippen molar-refractivity contribution in [3.05, 3.63) is 29.8 Å². The average molecular weight is 333 g/mol. The second-order valence-corrected chi connectivity index (χ2v) is 6.28. The van der Waals surface area contributed by atoms with Crippen LogP contribution in [0.25, 0.3) is 0 Å². The molecule has 0 aromatic heterocycles. The third kappa shape index (κ3) is 8.31. The van der Waals surface area contributed by atoms with Crippen LogP contribution in [0.4, 0.5) is 0 Å². The van der Waals surface area contributed by atoms with E-state index in [0.29, 0.717) is 18.4 Å². The molecule has 6 heteroatoms. The van der Waals surface area contributed by atoms with E-state index in [1.165, 1.54) is 0 Å². The third-order valence-electron chi connectivity index (χ3n) is 2.56. The van der Waals surface area contributed by atoms with Crippen LogP contribution < -0.4 is 10.6 Å². The second-order valence-electron chi connectivity index (χ2n) is 4.66. The van der Waals surface area contributed by atoms with Gasteiger partial charge in [0, 0.05) is 36.9 Å². The van der Waals surface area contributed by atoms with Crippen molar-refractivity contribution in [1.82, 2.24) is 10.6 Å². The topological polar surface area (TPSA) is 50.4 Å². The molecule has 120 valence electrons. The number of carbonyl (C=O) groups is 1. The Bertz CT molecular complexity index is 416. The highest BCUT2D eigenvalue weighted by molar-refractivity contribution is 8.00. The summed E-state index contributed by atoms with van der Waals surface area (Å²) in [6, 6.07) is 7.73. The van der Waals surface area contributed by atoms with Gasteiger partial charge >= 0.3 is 0 Å². The van der Waals surface area contributed by atoms with Gasteiger partial charge in [-0.2, -0.15) is 0 Å². The molecule has 4 nitrogen and oxygen atoms in total. The molecule has 0 spiro atoms. The van der Waals surface area contributed by atoms with Gasteiger partial charge in [-0.1, -0.05) is 26.0 Å². The fraction of sp³-hybridized carbons (Fsp3) is 0.533. The average Bonchev–Trinajstić information content (AvgIpc) is 2.42. The smallest absolute Gasteiger partial charge is 0.252 e. The molecule has 1 aromatic rings. The van der Waals surface area contributed by atoms with Gasteiger partial charge in [0.15, 0.2) is 0 Å². The fourth-order valence-electron chi connectivity index (χ4n) is 1.67. The largest absolute Gasteiger partial charge is 0.383 e. The Labute approximate surface area is 137 Å². The molecule has 0 heterocycles. The molecule has 0 aliphatic carbocycles. The van der Waals surface area contributed by atoms with Crippen molar-refractivity contribution in [3.63, 3.8) is 0 Å². The summed E-state index contributed by atoms with van der Waals surface area (Å²) in [6.07, 6.45) is 0. The summed E-state index contributed by atoms with van der Waals surface area (Å²) in [6.45, 7) is 7.09. The van der Waals surface area contributed by atoms with E-state index in [-0.39, 0.29) is 18.3 Å². The first-order valence-corrected chi connectivity index (χ1v) is 7.76. The summed E-state index contributed by atoms with van der Waals surface area (Å²) < 4.78 is 4.94. The van der Waals surface area contributed by atoms with Gasteiger partial charge in [0.1, 0.15) is 0 Å². The first kappa shape index (κ1) is 20.2. The summed E-state index contributed by atoms with van der Waals surface area (Å²) in [5.74, 6) is -0.0118. The van der Waals surface area contributed by atoms with Crippen LogP contribution in [0.3, 0.4) is 0 Å². The van der Waals surface area contributed by atoms with Crippen molar-refractivity contribution in [2.45, 2.75) is 24.0 Å². The summed E-state index contributed by atoms with van der Waals surface area (Å²) in [5.41, 5.74) is 0.753. The van der Waals surface area contributed by atoms with Gasteiger partial charge in [-0.05, 0) is 12.1 Å². The predicted molar refractivity (Wildman–Crippen MR) is 91.8 cm³/mol. The molecule has 0 aliphatic rings. The maximum atomic E-state index is 12.2. The molecule has 0 fully saturated rings. The zero-order chi connectivity index (χ0) is 14.8. The van der Waals surface area contributed by atoms with Crippen LogP contribution in [0.15, 0.2) is 29.2 Å². The van der Waals surface area contributed by atoms with Crippen LogP contribution in [-0.4, -0.2) is 44.5 Å². The lowest BCUT2D eigenvalue weighted by Crippen LogP contribution is -2.33. The Hall–Kier alpha value is -0.750. The maximum absolute atomic E-state index is 12.2. The monoisotopic (exact) mass is 332 g/mol. The minimum absolute atomic E-state index is 0. The SMILES string of the molecule is COCCNCCNC(=O)c1ccccc1SC(C)C.Cl. The van der Waals surface area contributed by atoms with Crippen LogP contribution in [0.2, 0.25) is 0 Å². The van der Waals surface area contributed by atoms with E-state index in [9.17, 15) is 4.79 Å². The fourth-order valence-corrected chi connectivity index (χ4v) is 2.62. The van der Waals surface area contributed by atoms with E-state index in [0.717, 1.165) is 23.5 Å². The normalized spacial score (nSPS) is 10.3. The lowest BCUT2D eigenvalue weighted by atomic mass is 10.2. The number of amides is 1. The minimum Gasteiger partial charge on any atom is -0.383 e. The van der Waals surface area contributed by atoms with Crippen LogP contribution >= 0.6 is 24.2 Å². The van der Waals surface area contributed by atoms with E-state index >= 15 is 0 Å². The van der Waals surface area contributed by atoms with E-state index < -0.39 is 0 Å². The standard InChI is InChI=1S/C15H24N2O2S.ClH/c1-12(2)20-14-7-5-4-6-13(14)15(18)17-9-8-16-10-11-19-3;/h4-7,12,16H,8-11H2,1-3H3,(H,17,18);1H.